The molecule has 0 aliphatic carbocycles. The van der Waals surface area contributed by atoms with E-state index in [0.29, 0.717) is 6.61 Å². The molecule has 2 saturated heterocycles. The van der Waals surface area contributed by atoms with Crippen molar-refractivity contribution >= 4 is 11.6 Å². The van der Waals surface area contributed by atoms with E-state index in [1.807, 2.05) is 17.0 Å². The van der Waals surface area contributed by atoms with Gasteiger partial charge in [-0.05, 0) is 24.8 Å². The average molecular weight is 333 g/mol. The second kappa shape index (κ2) is 7.72. The molecule has 0 N–H and O–H groups in total. The van der Waals surface area contributed by atoms with Crippen LogP contribution in [0.5, 0.6) is 0 Å². The van der Waals surface area contributed by atoms with Crippen molar-refractivity contribution in [3.63, 3.8) is 0 Å². The standard InChI is InChI=1S/C17H23N3O4/c21-17(16-2-1-13-24-16)19-11-9-18(10-12-19)8-7-14-3-5-15(6-4-14)20(22)23/h3-6,16H,1-2,7-13H2/t16-/m1/s1. The molecule has 0 unspecified atom stereocenters. The van der Waals surface area contributed by atoms with Crippen LogP contribution in [0.4, 0.5) is 5.69 Å². The van der Waals surface area contributed by atoms with Gasteiger partial charge in [0, 0.05) is 51.5 Å². The lowest BCUT2D eigenvalue weighted by molar-refractivity contribution is -0.384. The molecule has 2 aliphatic heterocycles. The summed E-state index contributed by atoms with van der Waals surface area (Å²) < 4.78 is 5.47. The van der Waals surface area contributed by atoms with Gasteiger partial charge in [-0.2, -0.15) is 0 Å². The third-order valence-electron chi connectivity index (χ3n) is 4.75. The minimum absolute atomic E-state index is 0.125. The van der Waals surface area contributed by atoms with Gasteiger partial charge in [0.1, 0.15) is 6.10 Å². The van der Waals surface area contributed by atoms with Gasteiger partial charge in [-0.25, -0.2) is 0 Å². The van der Waals surface area contributed by atoms with Crippen LogP contribution in [-0.4, -0.2) is 66.1 Å². The van der Waals surface area contributed by atoms with Gasteiger partial charge in [0.25, 0.3) is 11.6 Å². The number of non-ortho nitro benzene ring substituents is 1. The fourth-order valence-corrected chi connectivity index (χ4v) is 3.24. The summed E-state index contributed by atoms with van der Waals surface area (Å²) in [5, 5.41) is 10.7. The van der Waals surface area contributed by atoms with E-state index < -0.39 is 0 Å². The minimum Gasteiger partial charge on any atom is -0.368 e. The lowest BCUT2D eigenvalue weighted by atomic mass is 10.1. The van der Waals surface area contributed by atoms with E-state index in [1.165, 1.54) is 0 Å². The largest absolute Gasteiger partial charge is 0.368 e. The van der Waals surface area contributed by atoms with Crippen LogP contribution in [0.15, 0.2) is 24.3 Å². The Morgan fingerprint density at radius 1 is 1.21 bits per heavy atom. The maximum absolute atomic E-state index is 12.3. The van der Waals surface area contributed by atoms with Crippen LogP contribution in [0.3, 0.4) is 0 Å². The number of nitro benzene ring substituents is 1. The SMILES string of the molecule is O=C([C@H]1CCCO1)N1CCN(CCc2ccc([N+](=O)[O-])cc2)CC1. The molecule has 1 aromatic rings. The zero-order chi connectivity index (χ0) is 16.9. The van der Waals surface area contributed by atoms with E-state index in [-0.39, 0.29) is 22.6 Å². The van der Waals surface area contributed by atoms with Gasteiger partial charge in [0.05, 0.1) is 4.92 Å². The molecule has 1 aromatic carbocycles. The molecule has 24 heavy (non-hydrogen) atoms. The summed E-state index contributed by atoms with van der Waals surface area (Å²) in [6, 6.07) is 6.73. The van der Waals surface area contributed by atoms with Gasteiger partial charge < -0.3 is 9.64 Å². The summed E-state index contributed by atoms with van der Waals surface area (Å²) in [6.07, 6.45) is 2.46. The number of carbonyl (C=O) groups excluding carboxylic acids is 1. The van der Waals surface area contributed by atoms with Gasteiger partial charge in [-0.3, -0.25) is 19.8 Å². The molecule has 0 aromatic heterocycles. The Bertz CT molecular complexity index is 576. The topological polar surface area (TPSA) is 75.9 Å². The highest BCUT2D eigenvalue weighted by Crippen LogP contribution is 2.16. The molecule has 7 heteroatoms. The number of carbonyl (C=O) groups is 1. The smallest absolute Gasteiger partial charge is 0.269 e. The third-order valence-corrected chi connectivity index (χ3v) is 4.75. The lowest BCUT2D eigenvalue weighted by Crippen LogP contribution is -2.51. The lowest BCUT2D eigenvalue weighted by Gasteiger charge is -2.35. The Hall–Kier alpha value is -1.99. The molecule has 1 atom stereocenters. The van der Waals surface area contributed by atoms with Crippen LogP contribution in [0.1, 0.15) is 18.4 Å². The molecule has 2 fully saturated rings. The van der Waals surface area contributed by atoms with Crippen molar-refractivity contribution in [2.24, 2.45) is 0 Å². The molecule has 0 saturated carbocycles. The Morgan fingerprint density at radius 2 is 1.92 bits per heavy atom. The van der Waals surface area contributed by atoms with E-state index in [0.717, 1.165) is 57.5 Å². The summed E-state index contributed by atoms with van der Waals surface area (Å²) in [5.41, 5.74) is 1.22. The summed E-state index contributed by atoms with van der Waals surface area (Å²) in [7, 11) is 0. The van der Waals surface area contributed by atoms with Crippen molar-refractivity contribution in [2.45, 2.75) is 25.4 Å². The molecular formula is C17H23N3O4. The number of ether oxygens (including phenoxy) is 1. The zero-order valence-corrected chi connectivity index (χ0v) is 13.7. The fraction of sp³-hybridized carbons (Fsp3) is 0.588. The molecule has 7 nitrogen and oxygen atoms in total. The van der Waals surface area contributed by atoms with Crippen LogP contribution in [0, 0.1) is 10.1 Å². The van der Waals surface area contributed by atoms with E-state index in [1.54, 1.807) is 12.1 Å². The molecule has 0 radical (unpaired) electrons. The Morgan fingerprint density at radius 3 is 2.50 bits per heavy atom. The van der Waals surface area contributed by atoms with Gasteiger partial charge in [0.15, 0.2) is 0 Å². The van der Waals surface area contributed by atoms with E-state index in [4.69, 9.17) is 4.74 Å². The van der Waals surface area contributed by atoms with E-state index in [9.17, 15) is 14.9 Å². The maximum Gasteiger partial charge on any atom is 0.269 e. The number of piperazine rings is 1. The molecule has 0 spiro atoms. The number of nitrogens with zero attached hydrogens (tertiary/aromatic N) is 3. The van der Waals surface area contributed by atoms with E-state index in [2.05, 4.69) is 4.90 Å². The quantitative estimate of drug-likeness (QED) is 0.602. The monoisotopic (exact) mass is 333 g/mol. The number of hydrogen-bond acceptors (Lipinski definition) is 5. The normalized spacial score (nSPS) is 21.8. The molecule has 2 heterocycles. The van der Waals surface area contributed by atoms with Crippen LogP contribution < -0.4 is 0 Å². The number of benzene rings is 1. The van der Waals surface area contributed by atoms with Crippen LogP contribution >= 0.6 is 0 Å². The molecule has 1 amide bonds. The third kappa shape index (κ3) is 4.10. The minimum atomic E-state index is -0.381. The van der Waals surface area contributed by atoms with Gasteiger partial charge >= 0.3 is 0 Å². The van der Waals surface area contributed by atoms with Crippen LogP contribution in [0.25, 0.3) is 0 Å². The Kier molecular flexibility index (Phi) is 5.42. The number of hydrogen-bond donors (Lipinski definition) is 0. The molecule has 130 valence electrons. The van der Waals surface area contributed by atoms with Crippen LogP contribution in [-0.2, 0) is 16.0 Å². The predicted molar refractivity (Wildman–Crippen MR) is 88.8 cm³/mol. The average Bonchev–Trinajstić information content (AvgIpc) is 3.15. The summed E-state index contributed by atoms with van der Waals surface area (Å²) in [5.74, 6) is 0.141. The van der Waals surface area contributed by atoms with Crippen molar-refractivity contribution in [1.29, 1.82) is 0 Å². The molecular weight excluding hydrogens is 310 g/mol. The molecule has 3 rings (SSSR count). The van der Waals surface area contributed by atoms with Gasteiger partial charge in [0.2, 0.25) is 0 Å². The number of rotatable bonds is 5. The second-order valence-electron chi connectivity index (χ2n) is 6.34. The number of amides is 1. The van der Waals surface area contributed by atoms with Crippen LogP contribution in [0.2, 0.25) is 0 Å². The Balaban J connectivity index is 1.42. The molecule has 0 bridgehead atoms. The Labute approximate surface area is 141 Å². The van der Waals surface area contributed by atoms with Crippen molar-refractivity contribution < 1.29 is 14.5 Å². The molecule has 2 aliphatic rings. The zero-order valence-electron chi connectivity index (χ0n) is 13.7. The highest BCUT2D eigenvalue weighted by atomic mass is 16.6. The highest BCUT2D eigenvalue weighted by Gasteiger charge is 2.30. The summed E-state index contributed by atoms with van der Waals surface area (Å²) in [6.45, 7) is 4.83. The summed E-state index contributed by atoms with van der Waals surface area (Å²) in [4.78, 5) is 26.8. The van der Waals surface area contributed by atoms with Crippen molar-refractivity contribution in [3.05, 3.63) is 39.9 Å². The highest BCUT2D eigenvalue weighted by molar-refractivity contribution is 5.81. The first-order chi connectivity index (χ1) is 11.6. The first-order valence-electron chi connectivity index (χ1n) is 8.49. The first-order valence-corrected chi connectivity index (χ1v) is 8.49. The number of nitro groups is 1. The predicted octanol–water partition coefficient (Wildman–Crippen LogP) is 1.46. The van der Waals surface area contributed by atoms with Gasteiger partial charge in [-0.1, -0.05) is 12.1 Å². The first kappa shape index (κ1) is 16.9. The van der Waals surface area contributed by atoms with Crippen molar-refractivity contribution in [2.75, 3.05) is 39.3 Å². The summed E-state index contributed by atoms with van der Waals surface area (Å²) >= 11 is 0. The second-order valence-corrected chi connectivity index (χ2v) is 6.34. The van der Waals surface area contributed by atoms with E-state index >= 15 is 0 Å². The fourth-order valence-electron chi connectivity index (χ4n) is 3.24. The van der Waals surface area contributed by atoms with Gasteiger partial charge in [-0.15, -0.1) is 0 Å². The van der Waals surface area contributed by atoms with Crippen molar-refractivity contribution in [3.8, 4) is 0 Å². The maximum atomic E-state index is 12.3. The van der Waals surface area contributed by atoms with Crippen molar-refractivity contribution in [1.82, 2.24) is 9.80 Å².